The van der Waals surface area contributed by atoms with E-state index in [1.807, 2.05) is 31.1 Å². The van der Waals surface area contributed by atoms with Gasteiger partial charge in [-0.25, -0.2) is 4.79 Å². The van der Waals surface area contributed by atoms with Crippen LogP contribution in [-0.2, 0) is 0 Å². The molecule has 0 aliphatic carbocycles. The number of ether oxygens (including phenoxy) is 1. The standard InChI is InChI=1S/C14H12ClN2O2/c1-17(2)11-5-3-10(4-6-11)14(18)19-13-7-8-16-9-12(13)15/h3-6,8-9H,1-2H3. The van der Waals surface area contributed by atoms with Gasteiger partial charge in [-0.1, -0.05) is 11.6 Å². The first-order valence-corrected chi connectivity index (χ1v) is 5.96. The Balaban J connectivity index is 2.14. The van der Waals surface area contributed by atoms with E-state index in [9.17, 15) is 4.79 Å². The van der Waals surface area contributed by atoms with Crippen molar-refractivity contribution in [1.29, 1.82) is 0 Å². The minimum Gasteiger partial charge on any atom is -0.421 e. The normalized spacial score (nSPS) is 10.1. The van der Waals surface area contributed by atoms with E-state index in [0.29, 0.717) is 5.56 Å². The Labute approximate surface area is 116 Å². The molecule has 0 bridgehead atoms. The van der Waals surface area contributed by atoms with Crippen LogP contribution in [0.25, 0.3) is 0 Å². The van der Waals surface area contributed by atoms with Crippen molar-refractivity contribution < 1.29 is 9.53 Å². The molecule has 0 aliphatic rings. The van der Waals surface area contributed by atoms with Gasteiger partial charge >= 0.3 is 5.97 Å². The van der Waals surface area contributed by atoms with Crippen molar-refractivity contribution >= 4 is 23.3 Å². The summed E-state index contributed by atoms with van der Waals surface area (Å²) in [5, 5.41) is 0.251. The summed E-state index contributed by atoms with van der Waals surface area (Å²) in [4.78, 5) is 17.6. The lowest BCUT2D eigenvalue weighted by Gasteiger charge is -2.12. The maximum atomic E-state index is 11.9. The van der Waals surface area contributed by atoms with Crippen molar-refractivity contribution in [3.05, 3.63) is 53.3 Å². The third kappa shape index (κ3) is 3.23. The second kappa shape index (κ2) is 5.71. The third-order valence-corrected chi connectivity index (χ3v) is 2.76. The fourth-order valence-corrected chi connectivity index (χ4v) is 1.60. The molecule has 0 fully saturated rings. The van der Waals surface area contributed by atoms with E-state index in [-0.39, 0.29) is 10.8 Å². The van der Waals surface area contributed by atoms with E-state index in [0.717, 1.165) is 5.69 Å². The minimum atomic E-state index is -0.477. The van der Waals surface area contributed by atoms with Crippen molar-refractivity contribution in [1.82, 2.24) is 4.98 Å². The number of carbonyl (C=O) groups excluding carboxylic acids is 1. The van der Waals surface area contributed by atoms with Crippen molar-refractivity contribution in [2.45, 2.75) is 0 Å². The summed E-state index contributed by atoms with van der Waals surface area (Å²) in [6.07, 6.45) is 2.79. The van der Waals surface area contributed by atoms with Crippen LogP contribution < -0.4 is 9.64 Å². The molecule has 1 radical (unpaired) electrons. The summed E-state index contributed by atoms with van der Waals surface area (Å²) in [6, 6.07) is 9.76. The molecule has 0 aliphatic heterocycles. The van der Waals surface area contributed by atoms with Gasteiger partial charge in [-0.05, 0) is 24.3 Å². The van der Waals surface area contributed by atoms with E-state index in [1.54, 1.807) is 12.1 Å². The first kappa shape index (κ1) is 13.4. The highest BCUT2D eigenvalue weighted by atomic mass is 35.5. The molecule has 1 aromatic heterocycles. The zero-order chi connectivity index (χ0) is 13.8. The summed E-state index contributed by atoms with van der Waals surface area (Å²) in [5.41, 5.74) is 1.46. The van der Waals surface area contributed by atoms with Gasteiger partial charge in [0.1, 0.15) is 5.02 Å². The summed E-state index contributed by atoms with van der Waals surface area (Å²) in [7, 11) is 3.86. The Morgan fingerprint density at radius 2 is 2.00 bits per heavy atom. The topological polar surface area (TPSA) is 42.4 Å². The van der Waals surface area contributed by atoms with E-state index in [2.05, 4.69) is 11.1 Å². The fourth-order valence-electron chi connectivity index (χ4n) is 1.45. The van der Waals surface area contributed by atoms with Gasteiger partial charge in [0, 0.05) is 38.2 Å². The predicted octanol–water partition coefficient (Wildman–Crippen LogP) is 2.82. The van der Waals surface area contributed by atoms with Crippen molar-refractivity contribution in [2.24, 2.45) is 0 Å². The first-order valence-electron chi connectivity index (χ1n) is 5.58. The van der Waals surface area contributed by atoms with Crippen molar-refractivity contribution in [3.63, 3.8) is 0 Å². The molecule has 1 heterocycles. The molecule has 97 valence electrons. The maximum Gasteiger partial charge on any atom is 0.343 e. The Hall–Kier alpha value is -2.07. The van der Waals surface area contributed by atoms with Gasteiger partial charge < -0.3 is 9.64 Å². The first-order chi connectivity index (χ1) is 9.08. The van der Waals surface area contributed by atoms with Crippen LogP contribution in [0.1, 0.15) is 10.4 Å². The zero-order valence-corrected chi connectivity index (χ0v) is 11.3. The van der Waals surface area contributed by atoms with Gasteiger partial charge in [0.2, 0.25) is 0 Å². The minimum absolute atomic E-state index is 0.179. The quantitative estimate of drug-likeness (QED) is 0.808. The molecule has 4 nitrogen and oxygen atoms in total. The Kier molecular flexibility index (Phi) is 4.02. The number of anilines is 1. The lowest BCUT2D eigenvalue weighted by Crippen LogP contribution is -2.11. The van der Waals surface area contributed by atoms with Crippen LogP contribution >= 0.6 is 11.6 Å². The number of benzene rings is 1. The molecule has 0 saturated carbocycles. The van der Waals surface area contributed by atoms with E-state index < -0.39 is 5.97 Å². The van der Waals surface area contributed by atoms with Gasteiger partial charge in [0.05, 0.1) is 5.56 Å². The highest BCUT2D eigenvalue weighted by Crippen LogP contribution is 2.22. The Bertz CT molecular complexity index is 582. The molecular weight excluding hydrogens is 264 g/mol. The van der Waals surface area contributed by atoms with Crippen LogP contribution in [0.2, 0.25) is 5.02 Å². The molecule has 1 aromatic carbocycles. The molecule has 0 saturated heterocycles. The SMILES string of the molecule is CN(C)c1ccc(C(=O)Oc2[c]cncc2Cl)cc1. The van der Waals surface area contributed by atoms with Crippen LogP contribution in [0, 0.1) is 6.07 Å². The van der Waals surface area contributed by atoms with E-state index in [4.69, 9.17) is 16.3 Å². The monoisotopic (exact) mass is 275 g/mol. The van der Waals surface area contributed by atoms with Gasteiger partial charge in [-0.2, -0.15) is 0 Å². The highest BCUT2D eigenvalue weighted by molar-refractivity contribution is 6.32. The summed E-state index contributed by atoms with van der Waals surface area (Å²) in [6.45, 7) is 0. The molecule has 0 unspecified atom stereocenters. The fraction of sp³-hybridized carbons (Fsp3) is 0.143. The van der Waals surface area contributed by atoms with Crippen molar-refractivity contribution in [2.75, 3.05) is 19.0 Å². The number of rotatable bonds is 3. The lowest BCUT2D eigenvalue weighted by molar-refractivity contribution is 0.0734. The molecule has 2 rings (SSSR count). The lowest BCUT2D eigenvalue weighted by atomic mass is 10.2. The third-order valence-electron chi connectivity index (χ3n) is 2.49. The number of halogens is 1. The summed E-state index contributed by atoms with van der Waals surface area (Å²) >= 11 is 5.84. The van der Waals surface area contributed by atoms with Gasteiger partial charge in [0.25, 0.3) is 0 Å². The van der Waals surface area contributed by atoms with E-state index >= 15 is 0 Å². The number of pyridine rings is 1. The Morgan fingerprint density at radius 1 is 1.32 bits per heavy atom. The molecule has 0 amide bonds. The molecule has 2 aromatic rings. The number of carbonyl (C=O) groups is 1. The second-order valence-electron chi connectivity index (χ2n) is 4.06. The number of hydrogen-bond acceptors (Lipinski definition) is 4. The zero-order valence-electron chi connectivity index (χ0n) is 10.6. The van der Waals surface area contributed by atoms with E-state index in [1.165, 1.54) is 12.4 Å². The number of nitrogens with zero attached hydrogens (tertiary/aromatic N) is 2. The molecule has 19 heavy (non-hydrogen) atoms. The molecule has 5 heteroatoms. The molecular formula is C14H12ClN2O2. The van der Waals surface area contributed by atoms with Crippen molar-refractivity contribution in [3.8, 4) is 5.75 Å². The van der Waals surface area contributed by atoms with Gasteiger partial charge in [-0.3, -0.25) is 4.98 Å². The summed E-state index contributed by atoms with van der Waals surface area (Å²) in [5.74, 6) is -0.298. The smallest absolute Gasteiger partial charge is 0.343 e. The largest absolute Gasteiger partial charge is 0.421 e. The average Bonchev–Trinajstić information content (AvgIpc) is 2.41. The molecule has 0 N–H and O–H groups in total. The predicted molar refractivity (Wildman–Crippen MR) is 73.8 cm³/mol. The number of hydrogen-bond donors (Lipinski definition) is 0. The van der Waals surface area contributed by atoms with Gasteiger partial charge in [-0.15, -0.1) is 0 Å². The highest BCUT2D eigenvalue weighted by Gasteiger charge is 2.11. The molecule has 0 atom stereocenters. The van der Waals surface area contributed by atoms with Crippen LogP contribution in [0.3, 0.4) is 0 Å². The van der Waals surface area contributed by atoms with Crippen LogP contribution in [0.5, 0.6) is 5.75 Å². The maximum absolute atomic E-state index is 11.9. The van der Waals surface area contributed by atoms with Crippen LogP contribution in [-0.4, -0.2) is 25.0 Å². The molecule has 0 spiro atoms. The number of esters is 1. The number of aromatic nitrogens is 1. The summed E-state index contributed by atoms with van der Waals surface area (Å²) < 4.78 is 5.15. The Morgan fingerprint density at radius 3 is 2.58 bits per heavy atom. The van der Waals surface area contributed by atoms with Crippen LogP contribution in [0.4, 0.5) is 5.69 Å². The second-order valence-corrected chi connectivity index (χ2v) is 4.47. The van der Waals surface area contributed by atoms with Gasteiger partial charge in [0.15, 0.2) is 5.75 Å². The average molecular weight is 276 g/mol. The van der Waals surface area contributed by atoms with Crippen LogP contribution in [0.15, 0.2) is 36.7 Å².